The number of hydrogen-bond acceptors (Lipinski definition) is 11. The molecule has 1 amide bonds. The van der Waals surface area contributed by atoms with Crippen molar-refractivity contribution in [2.24, 2.45) is 0 Å². The van der Waals surface area contributed by atoms with Crippen LogP contribution in [0.3, 0.4) is 0 Å². The first-order valence-electron chi connectivity index (χ1n) is 12.1. The number of carbonyl (C=O) groups excluding carboxylic acids is 1. The van der Waals surface area contributed by atoms with E-state index >= 15 is 0 Å². The third-order valence-corrected chi connectivity index (χ3v) is 5.71. The topological polar surface area (TPSA) is 156 Å². The number of hydrogen-bond donors (Lipinski definition) is 2. The number of methoxy groups -OCH3 is 2. The molecular formula is C27H25N7O6. The zero-order valence-electron chi connectivity index (χ0n) is 21.9. The van der Waals surface area contributed by atoms with Crippen LogP contribution in [-0.2, 0) is 6.61 Å². The van der Waals surface area contributed by atoms with E-state index in [1.165, 1.54) is 23.3 Å². The maximum atomic E-state index is 13.1. The van der Waals surface area contributed by atoms with E-state index in [9.17, 15) is 4.79 Å². The Balaban J connectivity index is 1.33. The van der Waals surface area contributed by atoms with Crippen LogP contribution in [-0.4, -0.2) is 61.6 Å². The van der Waals surface area contributed by atoms with E-state index < -0.39 is 5.91 Å². The molecule has 0 aliphatic rings. The summed E-state index contributed by atoms with van der Waals surface area (Å²) < 4.78 is 23.8. The average Bonchev–Trinajstić information content (AvgIpc) is 3.42. The number of aliphatic hydroxyl groups is 1. The van der Waals surface area contributed by atoms with Crippen LogP contribution in [0.15, 0.2) is 61.3 Å². The second-order valence-corrected chi connectivity index (χ2v) is 8.20. The van der Waals surface area contributed by atoms with Gasteiger partial charge in [-0.25, -0.2) is 19.6 Å². The zero-order chi connectivity index (χ0) is 28.1. The Hall–Kier alpha value is -5.30. The highest BCUT2D eigenvalue weighted by atomic mass is 16.5. The van der Waals surface area contributed by atoms with Gasteiger partial charge in [0.15, 0.2) is 28.8 Å². The Morgan fingerprint density at radius 2 is 1.73 bits per heavy atom. The van der Waals surface area contributed by atoms with Gasteiger partial charge in [0.25, 0.3) is 5.91 Å². The van der Waals surface area contributed by atoms with Crippen molar-refractivity contribution in [3.8, 4) is 34.4 Å². The van der Waals surface area contributed by atoms with Crippen molar-refractivity contribution in [3.05, 3.63) is 72.8 Å². The summed E-state index contributed by atoms with van der Waals surface area (Å²) in [5.74, 6) is 2.43. The number of aromatic nitrogens is 6. The second kappa shape index (κ2) is 11.6. The molecule has 5 rings (SSSR count). The molecule has 4 heterocycles. The quantitative estimate of drug-likeness (QED) is 0.265. The highest BCUT2D eigenvalue weighted by Gasteiger charge is 2.20. The highest BCUT2D eigenvalue weighted by molar-refractivity contribution is 6.04. The molecule has 0 aliphatic carbocycles. The molecular weight excluding hydrogens is 518 g/mol. The smallest absolute Gasteiger partial charge is 0.281 e. The van der Waals surface area contributed by atoms with Gasteiger partial charge >= 0.3 is 0 Å². The molecule has 204 valence electrons. The van der Waals surface area contributed by atoms with Crippen molar-refractivity contribution >= 4 is 22.6 Å². The van der Waals surface area contributed by atoms with Gasteiger partial charge in [-0.3, -0.25) is 9.78 Å². The van der Waals surface area contributed by atoms with Crippen LogP contribution in [0.5, 0.6) is 28.7 Å². The molecule has 0 saturated carbocycles. The minimum Gasteiger partial charge on any atom is -0.493 e. The zero-order valence-corrected chi connectivity index (χ0v) is 21.9. The molecule has 0 saturated heterocycles. The third-order valence-electron chi connectivity index (χ3n) is 5.71. The molecule has 0 unspecified atom stereocenters. The number of fused-ring (bicyclic) bond motifs is 1. The van der Waals surface area contributed by atoms with Gasteiger partial charge in [0.1, 0.15) is 29.6 Å². The number of aliphatic hydroxyl groups excluding tert-OH is 1. The molecule has 0 bridgehead atoms. The molecule has 13 nitrogen and oxygen atoms in total. The number of amides is 1. The van der Waals surface area contributed by atoms with Gasteiger partial charge in [-0.2, -0.15) is 5.10 Å². The maximum Gasteiger partial charge on any atom is 0.281 e. The van der Waals surface area contributed by atoms with Crippen molar-refractivity contribution < 1.29 is 28.8 Å². The predicted molar refractivity (Wildman–Crippen MR) is 143 cm³/mol. The highest BCUT2D eigenvalue weighted by Crippen LogP contribution is 2.36. The molecule has 5 aromatic rings. The van der Waals surface area contributed by atoms with E-state index in [0.29, 0.717) is 40.8 Å². The molecule has 0 spiro atoms. The van der Waals surface area contributed by atoms with Crippen LogP contribution in [0.1, 0.15) is 23.2 Å². The summed E-state index contributed by atoms with van der Waals surface area (Å²) in [6, 6.07) is 8.59. The van der Waals surface area contributed by atoms with E-state index in [-0.39, 0.29) is 29.7 Å². The molecule has 2 N–H and O–H groups in total. The van der Waals surface area contributed by atoms with Crippen LogP contribution in [0.2, 0.25) is 0 Å². The average molecular weight is 544 g/mol. The SMILES string of the molecule is CCOc1cn(-c2cnc(CO)nc2)nc1C(=O)Nc1ccc(Oc2ccnc3cc(OC)c(OC)cc23)cn1. The summed E-state index contributed by atoms with van der Waals surface area (Å²) in [6.07, 6.45) is 7.66. The van der Waals surface area contributed by atoms with Crippen molar-refractivity contribution in [3.63, 3.8) is 0 Å². The Kier molecular flexibility index (Phi) is 7.64. The molecule has 1 aromatic carbocycles. The fraction of sp³-hybridized carbons (Fsp3) is 0.185. The van der Waals surface area contributed by atoms with E-state index in [1.54, 1.807) is 63.9 Å². The van der Waals surface area contributed by atoms with Crippen LogP contribution >= 0.6 is 0 Å². The lowest BCUT2D eigenvalue weighted by Crippen LogP contribution is -2.15. The summed E-state index contributed by atoms with van der Waals surface area (Å²) in [5.41, 5.74) is 1.23. The Bertz CT molecular complexity index is 1640. The van der Waals surface area contributed by atoms with Crippen molar-refractivity contribution in [1.29, 1.82) is 0 Å². The largest absolute Gasteiger partial charge is 0.493 e. The lowest BCUT2D eigenvalue weighted by molar-refractivity contribution is 0.101. The fourth-order valence-electron chi connectivity index (χ4n) is 3.81. The van der Waals surface area contributed by atoms with Crippen molar-refractivity contribution in [2.45, 2.75) is 13.5 Å². The van der Waals surface area contributed by atoms with E-state index in [0.717, 1.165) is 5.39 Å². The number of ether oxygens (including phenoxy) is 4. The summed E-state index contributed by atoms with van der Waals surface area (Å²) in [4.78, 5) is 29.8. The monoisotopic (exact) mass is 543 g/mol. The molecule has 13 heteroatoms. The maximum absolute atomic E-state index is 13.1. The standard InChI is InChI=1S/C27H25N7O6/c1-4-39-23-14-34(16-11-29-25(15-35)30-12-16)33-26(23)27(36)32-24-6-5-17(13-31-24)40-20-7-8-28-19-10-22(38-3)21(37-2)9-18(19)20/h5-14,35H,4,15H2,1-3H3,(H,31,32,36). The molecule has 0 radical (unpaired) electrons. The Morgan fingerprint density at radius 1 is 0.950 bits per heavy atom. The van der Waals surface area contributed by atoms with E-state index in [1.807, 2.05) is 0 Å². The number of nitrogens with zero attached hydrogens (tertiary/aromatic N) is 6. The molecule has 0 fully saturated rings. The number of pyridine rings is 2. The lowest BCUT2D eigenvalue weighted by atomic mass is 10.2. The number of rotatable bonds is 10. The number of nitrogens with one attached hydrogen (secondary N) is 1. The summed E-state index contributed by atoms with van der Waals surface area (Å²) >= 11 is 0. The number of carbonyl (C=O) groups is 1. The minimum atomic E-state index is -0.516. The predicted octanol–water partition coefficient (Wildman–Crippen LogP) is 3.56. The van der Waals surface area contributed by atoms with E-state index in [4.69, 9.17) is 24.1 Å². The third kappa shape index (κ3) is 5.44. The summed E-state index contributed by atoms with van der Waals surface area (Å²) in [6.45, 7) is 1.85. The number of benzene rings is 1. The minimum absolute atomic E-state index is 0.0582. The molecule has 0 atom stereocenters. The van der Waals surface area contributed by atoms with Gasteiger partial charge in [0, 0.05) is 17.6 Å². The first-order valence-corrected chi connectivity index (χ1v) is 12.1. The molecule has 0 aliphatic heterocycles. The molecule has 40 heavy (non-hydrogen) atoms. The Labute approximate surface area is 228 Å². The van der Waals surface area contributed by atoms with Gasteiger partial charge in [0.05, 0.1) is 51.1 Å². The van der Waals surface area contributed by atoms with Crippen LogP contribution in [0.4, 0.5) is 5.82 Å². The van der Waals surface area contributed by atoms with Crippen LogP contribution < -0.4 is 24.3 Å². The van der Waals surface area contributed by atoms with Gasteiger partial charge in [0.2, 0.25) is 0 Å². The number of anilines is 1. The summed E-state index contributed by atoms with van der Waals surface area (Å²) in [5, 5.41) is 16.9. The fourth-order valence-corrected chi connectivity index (χ4v) is 3.81. The normalized spacial score (nSPS) is 10.8. The van der Waals surface area contributed by atoms with Gasteiger partial charge < -0.3 is 29.4 Å². The van der Waals surface area contributed by atoms with Crippen LogP contribution in [0.25, 0.3) is 16.6 Å². The van der Waals surface area contributed by atoms with E-state index in [2.05, 4.69) is 30.4 Å². The van der Waals surface area contributed by atoms with Gasteiger partial charge in [-0.15, -0.1) is 0 Å². The van der Waals surface area contributed by atoms with Gasteiger partial charge in [-0.1, -0.05) is 0 Å². The second-order valence-electron chi connectivity index (χ2n) is 8.20. The summed E-state index contributed by atoms with van der Waals surface area (Å²) in [7, 11) is 3.12. The van der Waals surface area contributed by atoms with Gasteiger partial charge in [-0.05, 0) is 31.2 Å². The lowest BCUT2D eigenvalue weighted by Gasteiger charge is -2.12. The van der Waals surface area contributed by atoms with Crippen molar-refractivity contribution in [2.75, 3.05) is 26.1 Å². The first kappa shape index (κ1) is 26.3. The van der Waals surface area contributed by atoms with Crippen LogP contribution in [0, 0.1) is 0 Å². The molecule has 4 aromatic heterocycles. The Morgan fingerprint density at radius 3 is 2.40 bits per heavy atom. The van der Waals surface area contributed by atoms with Crippen molar-refractivity contribution in [1.82, 2.24) is 29.7 Å². The first-order chi connectivity index (χ1) is 19.5.